The zero-order valence-electron chi connectivity index (χ0n) is 17.8. The van der Waals surface area contributed by atoms with E-state index >= 15 is 0 Å². The second kappa shape index (κ2) is 10.7. The van der Waals surface area contributed by atoms with Gasteiger partial charge in [-0.2, -0.15) is 0 Å². The Morgan fingerprint density at radius 3 is 1.48 bits per heavy atom. The summed E-state index contributed by atoms with van der Waals surface area (Å²) < 4.78 is 0. The summed E-state index contributed by atoms with van der Waals surface area (Å²) in [4.78, 5) is 7.44. The summed E-state index contributed by atoms with van der Waals surface area (Å²) in [5.74, 6) is 0. The molecule has 0 fully saturated rings. The fourth-order valence-corrected chi connectivity index (χ4v) is 2.43. The quantitative estimate of drug-likeness (QED) is 0.532. The van der Waals surface area contributed by atoms with Crippen LogP contribution in [0.15, 0.2) is 0 Å². The topological polar surface area (TPSA) is 9.72 Å². The Hall–Kier alpha value is -0.120. The molecule has 0 heterocycles. The van der Waals surface area contributed by atoms with Crippen LogP contribution in [0.2, 0.25) is 0 Å². The maximum Gasteiger partial charge on any atom is 0.00760 e. The Kier molecular flexibility index (Phi) is 10.6. The normalized spacial score (nSPS) is 14.7. The van der Waals surface area contributed by atoms with Crippen LogP contribution < -0.4 is 0 Å². The molecule has 1 unspecified atom stereocenters. The predicted molar refractivity (Wildman–Crippen MR) is 105 cm³/mol. The van der Waals surface area contributed by atoms with Crippen LogP contribution in [-0.4, -0.2) is 73.6 Å². The minimum Gasteiger partial charge on any atom is -0.304 e. The number of hydrogen-bond acceptors (Lipinski definition) is 3. The molecule has 0 saturated heterocycles. The Labute approximate surface area is 147 Å². The molecule has 23 heavy (non-hydrogen) atoms. The highest BCUT2D eigenvalue weighted by atomic mass is 15.1. The van der Waals surface area contributed by atoms with Crippen LogP contribution in [0, 0.1) is 5.41 Å². The average Bonchev–Trinajstić information content (AvgIpc) is 2.47. The standard InChI is InChI=1S/C20H45N3/c1-17(2)21(8)14-11-19(5)23(10)16-13-20(6,7)12-15-22(9)18(3)4/h17-19H,11-16H2,1-10H3. The summed E-state index contributed by atoms with van der Waals surface area (Å²) in [5, 5.41) is 0. The monoisotopic (exact) mass is 327 g/mol. The summed E-state index contributed by atoms with van der Waals surface area (Å²) in [7, 11) is 6.75. The predicted octanol–water partition coefficient (Wildman–Crippen LogP) is 4.18. The molecule has 0 aromatic heterocycles. The van der Waals surface area contributed by atoms with Crippen molar-refractivity contribution in [2.24, 2.45) is 5.41 Å². The Balaban J connectivity index is 4.11. The van der Waals surface area contributed by atoms with Gasteiger partial charge in [0.15, 0.2) is 0 Å². The molecular formula is C20H45N3. The Morgan fingerprint density at radius 2 is 1.04 bits per heavy atom. The largest absolute Gasteiger partial charge is 0.304 e. The van der Waals surface area contributed by atoms with Crippen LogP contribution in [0.4, 0.5) is 0 Å². The third-order valence-electron chi connectivity index (χ3n) is 5.70. The van der Waals surface area contributed by atoms with Crippen molar-refractivity contribution in [3.8, 4) is 0 Å². The van der Waals surface area contributed by atoms with Crippen molar-refractivity contribution in [3.63, 3.8) is 0 Å². The van der Waals surface area contributed by atoms with E-state index in [0.29, 0.717) is 23.5 Å². The van der Waals surface area contributed by atoms with E-state index in [2.05, 4.69) is 84.3 Å². The third-order valence-corrected chi connectivity index (χ3v) is 5.70. The van der Waals surface area contributed by atoms with Crippen molar-refractivity contribution in [1.82, 2.24) is 14.7 Å². The molecule has 0 aromatic rings. The van der Waals surface area contributed by atoms with E-state index in [4.69, 9.17) is 0 Å². The fourth-order valence-electron chi connectivity index (χ4n) is 2.43. The van der Waals surface area contributed by atoms with E-state index in [1.54, 1.807) is 0 Å². The molecule has 0 aliphatic heterocycles. The van der Waals surface area contributed by atoms with Gasteiger partial charge in [-0.3, -0.25) is 0 Å². The molecule has 1 atom stereocenters. The summed E-state index contributed by atoms with van der Waals surface area (Å²) >= 11 is 0. The third kappa shape index (κ3) is 10.4. The van der Waals surface area contributed by atoms with E-state index < -0.39 is 0 Å². The van der Waals surface area contributed by atoms with Crippen LogP contribution in [0.1, 0.15) is 67.7 Å². The molecule has 0 saturated carbocycles. The van der Waals surface area contributed by atoms with Gasteiger partial charge in [0.25, 0.3) is 0 Å². The lowest BCUT2D eigenvalue weighted by atomic mass is 9.85. The fraction of sp³-hybridized carbons (Fsp3) is 1.00. The first kappa shape index (κ1) is 22.9. The molecule has 140 valence electrons. The molecular weight excluding hydrogens is 282 g/mol. The van der Waals surface area contributed by atoms with E-state index in [1.165, 1.54) is 38.9 Å². The molecule has 0 aromatic carbocycles. The van der Waals surface area contributed by atoms with Crippen molar-refractivity contribution in [2.75, 3.05) is 40.8 Å². The Bertz CT molecular complexity index is 299. The first-order valence-corrected chi connectivity index (χ1v) is 9.57. The van der Waals surface area contributed by atoms with Crippen LogP contribution >= 0.6 is 0 Å². The van der Waals surface area contributed by atoms with Crippen LogP contribution in [-0.2, 0) is 0 Å². The molecule has 0 radical (unpaired) electrons. The van der Waals surface area contributed by atoms with Gasteiger partial charge in [0, 0.05) is 18.1 Å². The zero-order chi connectivity index (χ0) is 18.2. The summed E-state index contributed by atoms with van der Waals surface area (Å²) in [6.45, 7) is 19.9. The zero-order valence-corrected chi connectivity index (χ0v) is 17.8. The number of hydrogen-bond donors (Lipinski definition) is 0. The van der Waals surface area contributed by atoms with E-state index in [9.17, 15) is 0 Å². The lowest BCUT2D eigenvalue weighted by Crippen LogP contribution is -2.37. The smallest absolute Gasteiger partial charge is 0.00760 e. The van der Waals surface area contributed by atoms with Gasteiger partial charge in [-0.25, -0.2) is 0 Å². The molecule has 0 spiro atoms. The van der Waals surface area contributed by atoms with Crippen molar-refractivity contribution in [1.29, 1.82) is 0 Å². The average molecular weight is 328 g/mol. The minimum atomic E-state index is 0.422. The summed E-state index contributed by atoms with van der Waals surface area (Å²) in [6, 6.07) is 1.95. The van der Waals surface area contributed by atoms with E-state index in [1.807, 2.05) is 0 Å². The highest BCUT2D eigenvalue weighted by Gasteiger charge is 2.21. The maximum atomic E-state index is 2.54. The van der Waals surface area contributed by atoms with Gasteiger partial charge in [0.1, 0.15) is 0 Å². The molecule has 0 N–H and O–H groups in total. The SMILES string of the molecule is CC(C)N(C)CCC(C)N(C)CCC(C)(C)CCN(C)C(C)C. The van der Waals surface area contributed by atoms with Gasteiger partial charge < -0.3 is 14.7 Å². The first-order chi connectivity index (χ1) is 10.5. The van der Waals surface area contributed by atoms with Gasteiger partial charge >= 0.3 is 0 Å². The molecule has 0 bridgehead atoms. The second-order valence-corrected chi connectivity index (χ2v) is 8.93. The van der Waals surface area contributed by atoms with E-state index in [-0.39, 0.29) is 0 Å². The Morgan fingerprint density at radius 1 is 0.652 bits per heavy atom. The summed E-state index contributed by atoms with van der Waals surface area (Å²) in [5.41, 5.74) is 0.422. The van der Waals surface area contributed by atoms with Gasteiger partial charge in [-0.15, -0.1) is 0 Å². The number of nitrogens with zero attached hydrogens (tertiary/aromatic N) is 3. The van der Waals surface area contributed by atoms with Crippen LogP contribution in [0.3, 0.4) is 0 Å². The highest BCUT2D eigenvalue weighted by Crippen LogP contribution is 2.26. The molecule has 3 nitrogen and oxygen atoms in total. The van der Waals surface area contributed by atoms with E-state index in [0.717, 1.165) is 0 Å². The van der Waals surface area contributed by atoms with Gasteiger partial charge in [-0.05, 0) is 100 Å². The van der Waals surface area contributed by atoms with Crippen LogP contribution in [0.5, 0.6) is 0 Å². The molecule has 0 aliphatic rings. The first-order valence-electron chi connectivity index (χ1n) is 9.57. The number of rotatable bonds is 12. The molecule has 0 amide bonds. The minimum absolute atomic E-state index is 0.422. The second-order valence-electron chi connectivity index (χ2n) is 8.93. The maximum absolute atomic E-state index is 2.54. The van der Waals surface area contributed by atoms with Gasteiger partial charge in [-0.1, -0.05) is 13.8 Å². The van der Waals surface area contributed by atoms with Crippen LogP contribution in [0.25, 0.3) is 0 Å². The molecule has 3 heteroatoms. The lowest BCUT2D eigenvalue weighted by molar-refractivity contribution is 0.160. The highest BCUT2D eigenvalue weighted by molar-refractivity contribution is 4.75. The lowest BCUT2D eigenvalue weighted by Gasteiger charge is -2.33. The van der Waals surface area contributed by atoms with Crippen molar-refractivity contribution >= 4 is 0 Å². The van der Waals surface area contributed by atoms with Gasteiger partial charge in [0.2, 0.25) is 0 Å². The molecule has 0 rings (SSSR count). The summed E-state index contributed by atoms with van der Waals surface area (Å²) in [6.07, 6.45) is 3.81. The van der Waals surface area contributed by atoms with Gasteiger partial charge in [0.05, 0.1) is 0 Å². The molecule has 0 aliphatic carbocycles. The van der Waals surface area contributed by atoms with Crippen molar-refractivity contribution in [3.05, 3.63) is 0 Å². The van der Waals surface area contributed by atoms with Crippen molar-refractivity contribution in [2.45, 2.75) is 85.9 Å². The van der Waals surface area contributed by atoms with Crippen molar-refractivity contribution < 1.29 is 0 Å².